The Kier molecular flexibility index (Phi) is 8.15. The first kappa shape index (κ1) is 22.5. The van der Waals surface area contributed by atoms with Crippen LogP contribution in [0.25, 0.3) is 0 Å². The van der Waals surface area contributed by atoms with Gasteiger partial charge >= 0.3 is 0 Å². The van der Waals surface area contributed by atoms with Crippen molar-refractivity contribution >= 4 is 63.0 Å². The predicted octanol–water partition coefficient (Wildman–Crippen LogP) is 2.76. The van der Waals surface area contributed by atoms with Gasteiger partial charge in [-0.1, -0.05) is 25.9 Å². The van der Waals surface area contributed by atoms with E-state index in [-0.39, 0.29) is 17.8 Å². The molecule has 0 aliphatic rings. The van der Waals surface area contributed by atoms with E-state index in [1.54, 1.807) is 17.1 Å². The monoisotopic (exact) mass is 610 g/mol. The van der Waals surface area contributed by atoms with Crippen molar-refractivity contribution in [3.8, 4) is 5.75 Å². The van der Waals surface area contributed by atoms with Crippen molar-refractivity contribution in [2.24, 2.45) is 15.7 Å². The molecule has 1 aromatic heterocycles. The van der Waals surface area contributed by atoms with E-state index in [0.717, 1.165) is 3.57 Å². The summed E-state index contributed by atoms with van der Waals surface area (Å²) >= 11 is 4.17. The van der Waals surface area contributed by atoms with E-state index in [4.69, 9.17) is 4.84 Å². The number of amides is 1. The highest BCUT2D eigenvalue weighted by atomic mass is 127. The maximum absolute atomic E-state index is 11.9. The number of nitrogens with one attached hydrogen (secondary N) is 1. The number of nitrogens with zero attached hydrogens (tertiary/aromatic N) is 5. The van der Waals surface area contributed by atoms with Gasteiger partial charge in [-0.25, -0.2) is 15.1 Å². The van der Waals surface area contributed by atoms with Crippen molar-refractivity contribution in [3.63, 3.8) is 0 Å². The van der Waals surface area contributed by atoms with Crippen LogP contribution in [0.5, 0.6) is 5.75 Å². The number of aromatic hydroxyl groups is 1. The molecular formula is C17H20I2N6O3. The van der Waals surface area contributed by atoms with Gasteiger partial charge in [0.25, 0.3) is 5.91 Å². The second kappa shape index (κ2) is 10.1. The Labute approximate surface area is 189 Å². The second-order valence-corrected chi connectivity index (χ2v) is 9.18. The van der Waals surface area contributed by atoms with Crippen LogP contribution in [0.1, 0.15) is 26.3 Å². The van der Waals surface area contributed by atoms with Gasteiger partial charge < -0.3 is 9.94 Å². The number of carbonyl (C=O) groups is 1. The largest absolute Gasteiger partial charge is 0.506 e. The third kappa shape index (κ3) is 7.00. The topological polar surface area (TPSA) is 114 Å². The molecule has 2 aromatic rings. The molecule has 11 heteroatoms. The molecule has 0 aliphatic carbocycles. The Morgan fingerprint density at radius 1 is 1.39 bits per heavy atom. The lowest BCUT2D eigenvalue weighted by atomic mass is 9.90. The van der Waals surface area contributed by atoms with Gasteiger partial charge in [-0.3, -0.25) is 4.79 Å². The normalized spacial score (nSPS) is 12.4. The zero-order chi connectivity index (χ0) is 20.7. The first-order valence-electron chi connectivity index (χ1n) is 8.18. The average Bonchev–Trinajstić information content (AvgIpc) is 3.10. The fourth-order valence-corrected chi connectivity index (χ4v) is 3.82. The molecule has 0 radical (unpaired) electrons. The van der Waals surface area contributed by atoms with E-state index >= 15 is 0 Å². The van der Waals surface area contributed by atoms with Crippen LogP contribution in [0, 0.1) is 12.6 Å². The highest BCUT2D eigenvalue weighted by molar-refractivity contribution is 14.1. The van der Waals surface area contributed by atoms with Crippen LogP contribution in [0.2, 0.25) is 0 Å². The predicted molar refractivity (Wildman–Crippen MR) is 122 cm³/mol. The summed E-state index contributed by atoms with van der Waals surface area (Å²) in [5.74, 6) is -0.350. The SMILES string of the molecule is CC(C)(C)/C(Cn1cncn1)=N/OCC(=O)N/N=C/c1cc(I)cc(I)c1O. The summed E-state index contributed by atoms with van der Waals surface area (Å²) in [7, 11) is 0. The minimum Gasteiger partial charge on any atom is -0.506 e. The van der Waals surface area contributed by atoms with Gasteiger partial charge in [0.1, 0.15) is 18.4 Å². The molecule has 0 bridgehead atoms. The first-order valence-corrected chi connectivity index (χ1v) is 10.3. The molecule has 0 spiro atoms. The number of oxime groups is 1. The molecular weight excluding hydrogens is 590 g/mol. The molecule has 2 N–H and O–H groups in total. The number of carbonyl (C=O) groups excluding carboxylic acids is 1. The van der Waals surface area contributed by atoms with Gasteiger partial charge in [-0.05, 0) is 57.3 Å². The molecule has 9 nitrogen and oxygen atoms in total. The summed E-state index contributed by atoms with van der Waals surface area (Å²) in [4.78, 5) is 21.0. The lowest BCUT2D eigenvalue weighted by Crippen LogP contribution is -2.27. The Morgan fingerprint density at radius 3 is 2.79 bits per heavy atom. The van der Waals surface area contributed by atoms with E-state index in [0.29, 0.717) is 21.4 Å². The molecule has 0 saturated heterocycles. The highest BCUT2D eigenvalue weighted by Crippen LogP contribution is 2.25. The van der Waals surface area contributed by atoms with Crippen LogP contribution >= 0.6 is 45.2 Å². The molecule has 28 heavy (non-hydrogen) atoms. The third-order valence-electron chi connectivity index (χ3n) is 3.47. The number of hydrogen-bond donors (Lipinski definition) is 2. The Morgan fingerprint density at radius 2 is 2.14 bits per heavy atom. The van der Waals surface area contributed by atoms with Crippen molar-refractivity contribution in [2.75, 3.05) is 6.61 Å². The van der Waals surface area contributed by atoms with Crippen LogP contribution in [0.15, 0.2) is 35.0 Å². The van der Waals surface area contributed by atoms with Gasteiger partial charge in [0.2, 0.25) is 0 Å². The van der Waals surface area contributed by atoms with Crippen molar-refractivity contribution in [2.45, 2.75) is 27.3 Å². The van der Waals surface area contributed by atoms with Crippen LogP contribution in [0.4, 0.5) is 0 Å². The number of hydrazone groups is 1. The number of halogens is 2. The minimum atomic E-state index is -0.464. The van der Waals surface area contributed by atoms with Crippen molar-refractivity contribution in [1.82, 2.24) is 20.2 Å². The van der Waals surface area contributed by atoms with Gasteiger partial charge in [-0.15, -0.1) is 0 Å². The first-order chi connectivity index (χ1) is 13.2. The van der Waals surface area contributed by atoms with E-state index in [1.165, 1.54) is 12.5 Å². The summed E-state index contributed by atoms with van der Waals surface area (Å²) in [6, 6.07) is 3.60. The number of benzene rings is 1. The second-order valence-electron chi connectivity index (χ2n) is 6.77. The van der Waals surface area contributed by atoms with Gasteiger partial charge in [0.05, 0.1) is 22.0 Å². The molecule has 1 amide bonds. The number of phenols is 1. The summed E-state index contributed by atoms with van der Waals surface area (Å²) in [5, 5.41) is 22.0. The molecule has 150 valence electrons. The molecule has 0 unspecified atom stereocenters. The Bertz CT molecular complexity index is 876. The fourth-order valence-electron chi connectivity index (χ4n) is 1.93. The van der Waals surface area contributed by atoms with E-state index < -0.39 is 5.91 Å². The molecule has 2 rings (SSSR count). The van der Waals surface area contributed by atoms with Crippen molar-refractivity contribution in [3.05, 3.63) is 37.5 Å². The van der Waals surface area contributed by atoms with Gasteiger partial charge in [0, 0.05) is 14.5 Å². The van der Waals surface area contributed by atoms with E-state index in [9.17, 15) is 9.90 Å². The Balaban J connectivity index is 1.91. The van der Waals surface area contributed by atoms with Crippen molar-refractivity contribution < 1.29 is 14.7 Å². The fraction of sp³-hybridized carbons (Fsp3) is 0.353. The number of rotatable bonds is 7. The van der Waals surface area contributed by atoms with Gasteiger partial charge in [0.15, 0.2) is 6.61 Å². The summed E-state index contributed by atoms with van der Waals surface area (Å²) in [5.41, 5.74) is 3.31. The zero-order valence-corrected chi connectivity index (χ0v) is 19.9. The molecule has 0 atom stereocenters. The summed E-state index contributed by atoms with van der Waals surface area (Å²) in [6.07, 6.45) is 4.41. The maximum atomic E-state index is 11.9. The average molecular weight is 610 g/mol. The van der Waals surface area contributed by atoms with Gasteiger partial charge in [-0.2, -0.15) is 10.2 Å². The van der Waals surface area contributed by atoms with Crippen LogP contribution in [-0.4, -0.2) is 44.3 Å². The number of phenolic OH excluding ortho intramolecular Hbond substituents is 1. The van der Waals surface area contributed by atoms with Crippen molar-refractivity contribution in [1.29, 1.82) is 0 Å². The number of aromatic nitrogens is 3. The van der Waals surface area contributed by atoms with Crippen LogP contribution in [-0.2, 0) is 16.2 Å². The number of hydrogen-bond acceptors (Lipinski definition) is 7. The zero-order valence-electron chi connectivity index (χ0n) is 15.6. The molecule has 0 aliphatic heterocycles. The maximum Gasteiger partial charge on any atom is 0.280 e. The lowest BCUT2D eigenvalue weighted by molar-refractivity contribution is -0.125. The van der Waals surface area contributed by atoms with Crippen LogP contribution < -0.4 is 5.43 Å². The molecule has 1 aromatic carbocycles. The smallest absolute Gasteiger partial charge is 0.280 e. The van der Waals surface area contributed by atoms with Crippen LogP contribution in [0.3, 0.4) is 0 Å². The third-order valence-corrected chi connectivity index (χ3v) is 4.91. The highest BCUT2D eigenvalue weighted by Gasteiger charge is 2.21. The Hall–Kier alpha value is -1.77. The van der Waals surface area contributed by atoms with E-state index in [2.05, 4.69) is 48.4 Å². The lowest BCUT2D eigenvalue weighted by Gasteiger charge is -2.20. The summed E-state index contributed by atoms with van der Waals surface area (Å²) < 4.78 is 3.29. The molecule has 1 heterocycles. The standard InChI is InChI=1S/C17H20I2N6O3/c1-17(2,3)14(7-25-10-20-9-22-25)24-28-8-15(26)23-21-6-11-4-12(18)5-13(19)16(11)27/h4-6,9-10,27H,7-8H2,1-3H3,(H,23,26)/b21-6+,24-14+. The molecule has 0 fully saturated rings. The quantitative estimate of drug-likeness (QED) is 0.285. The van der Waals surface area contributed by atoms with E-state index in [1.807, 2.05) is 49.4 Å². The molecule has 0 saturated carbocycles. The summed E-state index contributed by atoms with van der Waals surface area (Å²) in [6.45, 7) is 6.10. The minimum absolute atomic E-state index is 0.114.